The van der Waals surface area contributed by atoms with Gasteiger partial charge in [-0.3, -0.25) is 14.7 Å². The van der Waals surface area contributed by atoms with E-state index in [2.05, 4.69) is 10.2 Å². The fourth-order valence-corrected chi connectivity index (χ4v) is 2.78. The highest BCUT2D eigenvalue weighted by Crippen LogP contribution is 2.42. The van der Waals surface area contributed by atoms with Crippen molar-refractivity contribution in [1.29, 1.82) is 0 Å². The van der Waals surface area contributed by atoms with E-state index < -0.39 is 29.8 Å². The second-order valence-corrected chi connectivity index (χ2v) is 5.48. The highest BCUT2D eigenvalue weighted by Gasteiger charge is 2.52. The molecule has 1 aromatic rings. The molecule has 0 saturated carbocycles. The Morgan fingerprint density at radius 1 is 1.29 bits per heavy atom. The monoisotopic (exact) mass is 296 g/mol. The average Bonchev–Trinajstić information content (AvgIpc) is 2.99. The average molecular weight is 296 g/mol. The zero-order valence-corrected chi connectivity index (χ0v) is 11.6. The summed E-state index contributed by atoms with van der Waals surface area (Å²) in [7, 11) is 0. The summed E-state index contributed by atoms with van der Waals surface area (Å²) < 4.78 is 17.1. The van der Waals surface area contributed by atoms with Crippen LogP contribution in [0.1, 0.15) is 46.5 Å². The van der Waals surface area contributed by atoms with E-state index >= 15 is 0 Å². The Hall–Kier alpha value is -1.97. The number of rotatable bonds is 3. The molecule has 0 aromatic carbocycles. The predicted octanol–water partition coefficient (Wildman–Crippen LogP) is -0.801. The van der Waals surface area contributed by atoms with E-state index in [1.807, 2.05) is 0 Å². The molecular formula is C12H16N4O5. The van der Waals surface area contributed by atoms with Crippen molar-refractivity contribution in [3.05, 3.63) is 17.0 Å². The third-order valence-electron chi connectivity index (χ3n) is 3.52. The van der Waals surface area contributed by atoms with Crippen molar-refractivity contribution in [3.8, 4) is 0 Å². The van der Waals surface area contributed by atoms with Crippen LogP contribution in [0.4, 0.5) is 0 Å². The smallest absolute Gasteiger partial charge is 0.270 e. The van der Waals surface area contributed by atoms with Gasteiger partial charge >= 0.3 is 0 Å². The Balaban J connectivity index is 1.98. The number of carbonyl (C=O) groups is 2. The standard InChI is InChI=1S/C12H16N4O5/c1-12(2)20-4-3-19-9(8(4)21-12)6-5(10(13)17)7(11(14)18)16-15-6/h4,8-9H,3H2,1-2H3,(H2,13,17)(H2,14,18)(H,15,16)/t4-,8-,9-/m1/s1. The first-order valence-corrected chi connectivity index (χ1v) is 6.45. The highest BCUT2D eigenvalue weighted by molar-refractivity contribution is 6.05. The molecule has 3 atom stereocenters. The third kappa shape index (κ3) is 2.19. The predicted molar refractivity (Wildman–Crippen MR) is 68.1 cm³/mol. The summed E-state index contributed by atoms with van der Waals surface area (Å²) in [6.07, 6.45) is -1.30. The van der Waals surface area contributed by atoms with Crippen molar-refractivity contribution >= 4 is 11.8 Å². The molecule has 0 spiro atoms. The van der Waals surface area contributed by atoms with Gasteiger partial charge < -0.3 is 25.7 Å². The maximum Gasteiger partial charge on any atom is 0.270 e. The summed E-state index contributed by atoms with van der Waals surface area (Å²) in [6.45, 7) is 3.89. The molecule has 0 radical (unpaired) electrons. The van der Waals surface area contributed by atoms with Crippen LogP contribution in [0.3, 0.4) is 0 Å². The van der Waals surface area contributed by atoms with E-state index in [9.17, 15) is 9.59 Å². The number of amides is 2. The second-order valence-electron chi connectivity index (χ2n) is 5.48. The number of aromatic amines is 1. The molecule has 1 aromatic heterocycles. The molecule has 2 fully saturated rings. The van der Waals surface area contributed by atoms with Crippen LogP contribution < -0.4 is 11.5 Å². The van der Waals surface area contributed by atoms with Crippen LogP contribution in [0.15, 0.2) is 0 Å². The number of H-pyrrole nitrogens is 1. The van der Waals surface area contributed by atoms with Crippen LogP contribution in [0.2, 0.25) is 0 Å². The lowest BCUT2D eigenvalue weighted by Gasteiger charge is -2.21. The molecule has 0 aliphatic carbocycles. The van der Waals surface area contributed by atoms with Gasteiger partial charge in [-0.25, -0.2) is 0 Å². The third-order valence-corrected chi connectivity index (χ3v) is 3.52. The quantitative estimate of drug-likeness (QED) is 0.666. The van der Waals surface area contributed by atoms with Crippen molar-refractivity contribution < 1.29 is 23.8 Å². The second kappa shape index (κ2) is 4.52. The molecule has 2 aliphatic rings. The lowest BCUT2D eigenvalue weighted by molar-refractivity contribution is -0.176. The molecule has 9 heteroatoms. The number of nitrogens with two attached hydrogens (primary N) is 2. The fourth-order valence-electron chi connectivity index (χ4n) is 2.78. The topological polar surface area (TPSA) is 143 Å². The van der Waals surface area contributed by atoms with Gasteiger partial charge in [-0.15, -0.1) is 0 Å². The van der Waals surface area contributed by atoms with Gasteiger partial charge in [0.2, 0.25) is 0 Å². The zero-order chi connectivity index (χ0) is 15.4. The number of hydrogen-bond donors (Lipinski definition) is 3. The summed E-state index contributed by atoms with van der Waals surface area (Å²) in [5.74, 6) is -2.39. The number of hydrogen-bond acceptors (Lipinski definition) is 6. The van der Waals surface area contributed by atoms with Crippen LogP contribution >= 0.6 is 0 Å². The lowest BCUT2D eigenvalue weighted by atomic mass is 10.0. The number of nitrogens with one attached hydrogen (secondary N) is 1. The van der Waals surface area contributed by atoms with E-state index in [0.717, 1.165) is 0 Å². The Labute approximate surface area is 119 Å². The molecule has 3 rings (SSSR count). The normalized spacial score (nSPS) is 30.3. The first-order chi connectivity index (χ1) is 9.80. The Bertz CT molecular complexity index is 611. The number of aromatic nitrogens is 2. The maximum atomic E-state index is 11.6. The van der Waals surface area contributed by atoms with E-state index in [-0.39, 0.29) is 23.1 Å². The molecule has 2 amide bonds. The lowest BCUT2D eigenvalue weighted by Crippen LogP contribution is -2.27. The fraction of sp³-hybridized carbons (Fsp3) is 0.583. The van der Waals surface area contributed by atoms with Gasteiger partial charge in [0.1, 0.15) is 18.3 Å². The molecule has 9 nitrogen and oxygen atoms in total. The van der Waals surface area contributed by atoms with Gasteiger partial charge in [-0.1, -0.05) is 0 Å². The Morgan fingerprint density at radius 3 is 2.62 bits per heavy atom. The van der Waals surface area contributed by atoms with Gasteiger partial charge in [0.15, 0.2) is 11.5 Å². The maximum absolute atomic E-state index is 11.6. The summed E-state index contributed by atoms with van der Waals surface area (Å²) in [6, 6.07) is 0. The minimum atomic E-state index is -0.843. The van der Waals surface area contributed by atoms with Gasteiger partial charge in [0.25, 0.3) is 11.8 Å². The molecule has 5 N–H and O–H groups in total. The molecule has 2 saturated heterocycles. The van der Waals surface area contributed by atoms with Gasteiger partial charge in [0.05, 0.1) is 17.9 Å². The summed E-state index contributed by atoms with van der Waals surface area (Å²) in [5, 5.41) is 6.36. The Kier molecular flexibility index (Phi) is 3.01. The largest absolute Gasteiger partial charge is 0.366 e. The number of carbonyl (C=O) groups excluding carboxylic acids is 2. The number of nitrogens with zero attached hydrogens (tertiary/aromatic N) is 1. The number of fused-ring (bicyclic) bond motifs is 1. The van der Waals surface area contributed by atoms with Crippen LogP contribution in [0, 0.1) is 0 Å². The minimum Gasteiger partial charge on any atom is -0.366 e. The zero-order valence-electron chi connectivity index (χ0n) is 11.6. The molecular weight excluding hydrogens is 280 g/mol. The molecule has 3 heterocycles. The van der Waals surface area contributed by atoms with Crippen molar-refractivity contribution in [1.82, 2.24) is 10.2 Å². The van der Waals surface area contributed by atoms with E-state index in [0.29, 0.717) is 6.61 Å². The number of ether oxygens (including phenoxy) is 3. The van der Waals surface area contributed by atoms with E-state index in [1.54, 1.807) is 13.8 Å². The van der Waals surface area contributed by atoms with E-state index in [4.69, 9.17) is 25.7 Å². The van der Waals surface area contributed by atoms with Crippen molar-refractivity contribution in [2.75, 3.05) is 6.61 Å². The van der Waals surface area contributed by atoms with E-state index in [1.165, 1.54) is 0 Å². The van der Waals surface area contributed by atoms with Crippen molar-refractivity contribution in [3.63, 3.8) is 0 Å². The summed E-state index contributed by atoms with van der Waals surface area (Å²) in [4.78, 5) is 22.9. The van der Waals surface area contributed by atoms with Crippen LogP contribution in [0.5, 0.6) is 0 Å². The van der Waals surface area contributed by atoms with Gasteiger partial charge in [-0.2, -0.15) is 5.10 Å². The highest BCUT2D eigenvalue weighted by atomic mass is 16.8. The molecule has 2 aliphatic heterocycles. The van der Waals surface area contributed by atoms with Gasteiger partial charge in [-0.05, 0) is 13.8 Å². The molecule has 0 bridgehead atoms. The SMILES string of the molecule is CC1(C)O[C@H]2[C@@H](c3[nH]nc(C(N)=O)c3C(N)=O)OC[C@H]2O1. The van der Waals surface area contributed by atoms with Crippen LogP contribution in [-0.4, -0.2) is 46.6 Å². The van der Waals surface area contributed by atoms with Crippen molar-refractivity contribution in [2.45, 2.75) is 37.9 Å². The van der Waals surface area contributed by atoms with Gasteiger partial charge in [0, 0.05) is 0 Å². The summed E-state index contributed by atoms with van der Waals surface area (Å²) in [5.41, 5.74) is 10.5. The summed E-state index contributed by atoms with van der Waals surface area (Å²) >= 11 is 0. The Morgan fingerprint density at radius 2 is 2.00 bits per heavy atom. The number of primary amides is 2. The van der Waals surface area contributed by atoms with Crippen LogP contribution in [-0.2, 0) is 14.2 Å². The molecule has 114 valence electrons. The van der Waals surface area contributed by atoms with Crippen LogP contribution in [0.25, 0.3) is 0 Å². The first-order valence-electron chi connectivity index (χ1n) is 6.45. The molecule has 21 heavy (non-hydrogen) atoms. The molecule has 0 unspecified atom stereocenters. The van der Waals surface area contributed by atoms with Crippen molar-refractivity contribution in [2.24, 2.45) is 11.5 Å². The first kappa shape index (κ1) is 14.0. The minimum absolute atomic E-state index is 0.0681.